The molecule has 0 aliphatic carbocycles. The Kier molecular flexibility index (Phi) is 48.9. The first-order valence-corrected chi connectivity index (χ1v) is 26.5. The topological polar surface area (TPSA) is 78.9 Å². The highest BCUT2D eigenvalue weighted by Crippen LogP contribution is 2.15. The Labute approximate surface area is 389 Å². The summed E-state index contributed by atoms with van der Waals surface area (Å²) in [6, 6.07) is 0. The maximum atomic E-state index is 12.8. The van der Waals surface area contributed by atoms with Gasteiger partial charge in [0.25, 0.3) is 0 Å². The Hall–Kier alpha value is -3.15. The fourth-order valence-corrected chi connectivity index (χ4v) is 7.33. The molecule has 0 aromatic rings. The maximum absolute atomic E-state index is 12.8. The van der Waals surface area contributed by atoms with E-state index in [0.29, 0.717) is 12.8 Å². The zero-order valence-corrected chi connectivity index (χ0v) is 41.3. The first-order chi connectivity index (χ1) is 31.0. The SMILES string of the molecule is CC\C=C/C=C\C=C/C=C\CCCCCC(=O)OC(COC(=O)CCCCCCCCCCCC/C=C\C=C/CCCCC)COC(=O)CCCCCCCCCCCCCCC. The molecule has 0 bridgehead atoms. The zero-order chi connectivity index (χ0) is 45.8. The van der Waals surface area contributed by atoms with Crippen LogP contribution in [0.25, 0.3) is 0 Å². The van der Waals surface area contributed by atoms with E-state index in [2.05, 4.69) is 57.2 Å². The molecule has 362 valence electrons. The summed E-state index contributed by atoms with van der Waals surface area (Å²) in [6.45, 7) is 6.44. The van der Waals surface area contributed by atoms with Crippen molar-refractivity contribution in [2.75, 3.05) is 13.2 Å². The summed E-state index contributed by atoms with van der Waals surface area (Å²) in [7, 11) is 0. The normalized spacial score (nSPS) is 12.6. The third-order valence-electron chi connectivity index (χ3n) is 11.3. The number of rotatable bonds is 47. The van der Waals surface area contributed by atoms with Crippen LogP contribution >= 0.6 is 0 Å². The minimum atomic E-state index is -0.794. The second kappa shape index (κ2) is 51.5. The lowest BCUT2D eigenvalue weighted by molar-refractivity contribution is -0.167. The first-order valence-electron chi connectivity index (χ1n) is 26.5. The molecule has 0 aliphatic heterocycles. The predicted molar refractivity (Wildman–Crippen MR) is 270 cm³/mol. The van der Waals surface area contributed by atoms with Crippen LogP contribution in [0.5, 0.6) is 0 Å². The van der Waals surface area contributed by atoms with Gasteiger partial charge in [-0.3, -0.25) is 14.4 Å². The number of ether oxygens (including phenoxy) is 3. The van der Waals surface area contributed by atoms with Crippen molar-refractivity contribution in [3.63, 3.8) is 0 Å². The van der Waals surface area contributed by atoms with Crippen LogP contribution in [-0.4, -0.2) is 37.2 Å². The van der Waals surface area contributed by atoms with Gasteiger partial charge in [0.05, 0.1) is 0 Å². The van der Waals surface area contributed by atoms with Gasteiger partial charge in [0.2, 0.25) is 0 Å². The van der Waals surface area contributed by atoms with Gasteiger partial charge >= 0.3 is 17.9 Å². The van der Waals surface area contributed by atoms with Crippen LogP contribution in [0.4, 0.5) is 0 Å². The molecule has 0 saturated carbocycles. The summed E-state index contributed by atoms with van der Waals surface area (Å²) >= 11 is 0. The minimum absolute atomic E-state index is 0.0907. The molecule has 1 atom stereocenters. The second-order valence-electron chi connectivity index (χ2n) is 17.5. The average Bonchev–Trinajstić information content (AvgIpc) is 3.28. The lowest BCUT2D eigenvalue weighted by Crippen LogP contribution is -2.30. The van der Waals surface area contributed by atoms with Gasteiger partial charge in [0, 0.05) is 19.3 Å². The maximum Gasteiger partial charge on any atom is 0.306 e. The van der Waals surface area contributed by atoms with Crippen LogP contribution in [0.1, 0.15) is 252 Å². The standard InChI is InChI=1S/C57H98O6/c1-4-7-10-13-16-19-22-25-26-27-28-29-30-33-35-38-41-44-47-50-56(59)62-53-54(63-57(60)51-48-45-42-39-36-32-24-21-18-15-12-9-6-3)52-61-55(58)49-46-43-40-37-34-31-23-20-17-14-11-8-5-2/h9,12,15-16,18-19,21-22,24-25,32,36,54H,4-8,10-11,13-14,17,20,23,26-31,33-35,37-53H2,1-3H3/b12-9-,18-15-,19-16-,24-21-,25-22-,36-32-. The Bertz CT molecular complexity index is 1190. The Morgan fingerprint density at radius 3 is 1.03 bits per heavy atom. The van der Waals surface area contributed by atoms with E-state index in [1.165, 1.54) is 141 Å². The molecule has 0 rings (SSSR count). The largest absolute Gasteiger partial charge is 0.462 e. The minimum Gasteiger partial charge on any atom is -0.462 e. The second-order valence-corrected chi connectivity index (χ2v) is 17.5. The molecule has 6 heteroatoms. The lowest BCUT2D eigenvalue weighted by atomic mass is 10.0. The van der Waals surface area contributed by atoms with E-state index in [1.54, 1.807) is 0 Å². The van der Waals surface area contributed by atoms with E-state index < -0.39 is 6.10 Å². The van der Waals surface area contributed by atoms with Gasteiger partial charge in [-0.2, -0.15) is 0 Å². The van der Waals surface area contributed by atoms with Crippen LogP contribution in [0.15, 0.2) is 72.9 Å². The van der Waals surface area contributed by atoms with Crippen molar-refractivity contribution in [2.45, 2.75) is 258 Å². The number of hydrogen-bond acceptors (Lipinski definition) is 6. The third kappa shape index (κ3) is 49.7. The highest BCUT2D eigenvalue weighted by molar-refractivity contribution is 5.71. The van der Waals surface area contributed by atoms with Crippen LogP contribution in [-0.2, 0) is 28.6 Å². The predicted octanol–water partition coefficient (Wildman–Crippen LogP) is 17.4. The number of hydrogen-bond donors (Lipinski definition) is 0. The third-order valence-corrected chi connectivity index (χ3v) is 11.3. The molecule has 0 spiro atoms. The molecule has 6 nitrogen and oxygen atoms in total. The van der Waals surface area contributed by atoms with Gasteiger partial charge in [0.15, 0.2) is 6.10 Å². The number of esters is 3. The van der Waals surface area contributed by atoms with Crippen LogP contribution in [0, 0.1) is 0 Å². The highest BCUT2D eigenvalue weighted by atomic mass is 16.6. The van der Waals surface area contributed by atoms with E-state index in [0.717, 1.165) is 70.6 Å². The molecular formula is C57H98O6. The Balaban J connectivity index is 4.38. The van der Waals surface area contributed by atoms with Crippen LogP contribution in [0.3, 0.4) is 0 Å². The number of unbranched alkanes of at least 4 members (excludes halogenated alkanes) is 28. The van der Waals surface area contributed by atoms with Gasteiger partial charge in [0.1, 0.15) is 13.2 Å². The molecule has 0 aliphatic rings. The molecule has 63 heavy (non-hydrogen) atoms. The number of carbonyl (C=O) groups is 3. The van der Waals surface area contributed by atoms with Crippen molar-refractivity contribution in [3.8, 4) is 0 Å². The summed E-state index contributed by atoms with van der Waals surface area (Å²) in [5, 5.41) is 0. The smallest absolute Gasteiger partial charge is 0.306 e. The molecule has 0 aromatic heterocycles. The Morgan fingerprint density at radius 2 is 0.619 bits per heavy atom. The van der Waals surface area contributed by atoms with Gasteiger partial charge < -0.3 is 14.2 Å². The molecule has 0 saturated heterocycles. The van der Waals surface area contributed by atoms with E-state index in [1.807, 2.05) is 36.5 Å². The molecule has 0 radical (unpaired) electrons. The van der Waals surface area contributed by atoms with Crippen molar-refractivity contribution in [2.24, 2.45) is 0 Å². The fraction of sp³-hybridized carbons (Fsp3) is 0.737. The molecule has 0 aromatic carbocycles. The molecule has 0 amide bonds. The summed E-state index contributed by atoms with van der Waals surface area (Å²) in [6.07, 6.45) is 64.6. The van der Waals surface area contributed by atoms with E-state index in [-0.39, 0.29) is 37.5 Å². The van der Waals surface area contributed by atoms with Crippen LogP contribution < -0.4 is 0 Å². The highest BCUT2D eigenvalue weighted by Gasteiger charge is 2.19. The van der Waals surface area contributed by atoms with Gasteiger partial charge in [-0.1, -0.05) is 241 Å². The van der Waals surface area contributed by atoms with Crippen molar-refractivity contribution < 1.29 is 28.6 Å². The number of allylic oxidation sites excluding steroid dienone is 12. The summed E-state index contributed by atoms with van der Waals surface area (Å²) in [5.41, 5.74) is 0. The van der Waals surface area contributed by atoms with Gasteiger partial charge in [-0.25, -0.2) is 0 Å². The zero-order valence-electron chi connectivity index (χ0n) is 41.3. The van der Waals surface area contributed by atoms with Gasteiger partial charge in [-0.05, 0) is 64.2 Å². The monoisotopic (exact) mass is 879 g/mol. The lowest BCUT2D eigenvalue weighted by Gasteiger charge is -2.18. The molecule has 1 unspecified atom stereocenters. The van der Waals surface area contributed by atoms with E-state index >= 15 is 0 Å². The van der Waals surface area contributed by atoms with Gasteiger partial charge in [-0.15, -0.1) is 0 Å². The van der Waals surface area contributed by atoms with Crippen molar-refractivity contribution in [1.29, 1.82) is 0 Å². The summed E-state index contributed by atoms with van der Waals surface area (Å²) in [4.78, 5) is 38.0. The molecule has 0 N–H and O–H groups in total. The molecular weight excluding hydrogens is 781 g/mol. The van der Waals surface area contributed by atoms with Crippen LogP contribution in [0.2, 0.25) is 0 Å². The van der Waals surface area contributed by atoms with E-state index in [4.69, 9.17) is 14.2 Å². The Morgan fingerprint density at radius 1 is 0.333 bits per heavy atom. The van der Waals surface area contributed by atoms with Crippen molar-refractivity contribution in [1.82, 2.24) is 0 Å². The fourth-order valence-electron chi connectivity index (χ4n) is 7.33. The van der Waals surface area contributed by atoms with Crippen molar-refractivity contribution >= 4 is 17.9 Å². The average molecular weight is 879 g/mol. The molecule has 0 heterocycles. The molecule has 0 fully saturated rings. The first kappa shape index (κ1) is 59.9. The van der Waals surface area contributed by atoms with Crippen molar-refractivity contribution in [3.05, 3.63) is 72.9 Å². The summed E-state index contributed by atoms with van der Waals surface area (Å²) < 4.78 is 16.8. The summed E-state index contributed by atoms with van der Waals surface area (Å²) in [5.74, 6) is -0.930. The number of carbonyl (C=O) groups excluding carboxylic acids is 3. The quantitative estimate of drug-likeness (QED) is 0.0262. The van der Waals surface area contributed by atoms with E-state index in [9.17, 15) is 14.4 Å².